The molecular formula is C13H25Al. The van der Waals surface area contributed by atoms with Crippen molar-refractivity contribution in [2.45, 2.75) is 52.2 Å². The minimum Gasteiger partial charge on any atom is -0.132 e. The highest BCUT2D eigenvalue weighted by atomic mass is 27.1. The molecule has 0 N–H and O–H groups in total. The van der Waals surface area contributed by atoms with Gasteiger partial charge in [-0.3, -0.25) is 0 Å². The molecule has 0 aliphatic heterocycles. The summed E-state index contributed by atoms with van der Waals surface area (Å²) in [5.41, 5.74) is 0. The van der Waals surface area contributed by atoms with Crippen LogP contribution >= 0.6 is 0 Å². The van der Waals surface area contributed by atoms with E-state index in [-0.39, 0.29) is 15.2 Å². The zero-order chi connectivity index (χ0) is 10.8. The lowest BCUT2D eigenvalue weighted by Gasteiger charge is -2.01. The molecule has 1 rings (SSSR count). The molecule has 14 heavy (non-hydrogen) atoms. The topological polar surface area (TPSA) is 0 Å². The summed E-state index contributed by atoms with van der Waals surface area (Å²) in [6.45, 7) is 8.99. The van der Waals surface area contributed by atoms with Crippen molar-refractivity contribution in [2.75, 3.05) is 0 Å². The molecule has 0 saturated carbocycles. The molecule has 1 aliphatic carbocycles. The second-order valence-electron chi connectivity index (χ2n) is 4.39. The Morgan fingerprint density at radius 3 is 2.29 bits per heavy atom. The molecule has 0 heterocycles. The first-order valence-electron chi connectivity index (χ1n) is 6.05. The lowest BCUT2D eigenvalue weighted by molar-refractivity contribution is 0.731. The van der Waals surface area contributed by atoms with Gasteiger partial charge in [0, 0.05) is 0 Å². The summed E-state index contributed by atoms with van der Waals surface area (Å²) < 4.78 is 1.74. The molecule has 0 atom stereocenters. The average Bonchev–Trinajstić information content (AvgIpc) is 2.67. The second-order valence-corrected chi connectivity index (χ2v) is 6.38. The number of hydrogen-bond donors (Lipinski definition) is 0. The molecule has 0 aromatic carbocycles. The molecule has 0 nitrogen and oxygen atoms in total. The van der Waals surface area contributed by atoms with Gasteiger partial charge < -0.3 is 0 Å². The van der Waals surface area contributed by atoms with Gasteiger partial charge in [-0.25, -0.2) is 0 Å². The van der Waals surface area contributed by atoms with Gasteiger partial charge in [0.15, 0.2) is 0 Å². The van der Waals surface area contributed by atoms with Crippen LogP contribution < -0.4 is 0 Å². The van der Waals surface area contributed by atoms with Crippen molar-refractivity contribution in [1.82, 2.24) is 0 Å². The quantitative estimate of drug-likeness (QED) is 0.609. The summed E-state index contributed by atoms with van der Waals surface area (Å²) in [7, 11) is 0. The third-order valence-electron chi connectivity index (χ3n) is 2.39. The molecule has 0 bridgehead atoms. The van der Waals surface area contributed by atoms with E-state index >= 15 is 0 Å². The maximum Gasteiger partial charge on any atom is 0.276 e. The van der Waals surface area contributed by atoms with Gasteiger partial charge in [0.2, 0.25) is 0 Å². The molecule has 0 aromatic rings. The number of rotatable bonds is 4. The summed E-state index contributed by atoms with van der Waals surface area (Å²) >= 11 is 0.139. The van der Waals surface area contributed by atoms with Crippen LogP contribution in [0.4, 0.5) is 0 Å². The highest BCUT2D eigenvalue weighted by Gasteiger charge is 2.03. The van der Waals surface area contributed by atoms with Crippen LogP contribution in [-0.4, -0.2) is 15.2 Å². The van der Waals surface area contributed by atoms with Crippen molar-refractivity contribution < 1.29 is 0 Å². The molecule has 0 aromatic heterocycles. The Kier molecular flexibility index (Phi) is 9.57. The monoisotopic (exact) mass is 208 g/mol. The predicted molar refractivity (Wildman–Crippen MR) is 69.2 cm³/mol. The van der Waals surface area contributed by atoms with Crippen molar-refractivity contribution in [2.24, 2.45) is 5.92 Å². The summed E-state index contributed by atoms with van der Waals surface area (Å²) in [5.74, 6) is 0.910. The molecule has 0 unspecified atom stereocenters. The molecule has 0 saturated heterocycles. The van der Waals surface area contributed by atoms with Gasteiger partial charge in [0.1, 0.15) is 0 Å². The van der Waals surface area contributed by atoms with Crippen molar-refractivity contribution in [1.29, 1.82) is 0 Å². The van der Waals surface area contributed by atoms with E-state index in [4.69, 9.17) is 0 Å². The molecule has 1 heteroatoms. The number of unbranched alkanes of at least 4 members (excludes halogenated alkanes) is 1. The van der Waals surface area contributed by atoms with Crippen molar-refractivity contribution in [3.05, 3.63) is 22.7 Å². The summed E-state index contributed by atoms with van der Waals surface area (Å²) in [5, 5.41) is 1.48. The maximum absolute atomic E-state index is 2.32. The zero-order valence-electron chi connectivity index (χ0n) is 10.3. The highest BCUT2D eigenvalue weighted by molar-refractivity contribution is 6.45. The van der Waals surface area contributed by atoms with Gasteiger partial charge in [0.25, 0.3) is 15.2 Å². The van der Waals surface area contributed by atoms with E-state index in [0.29, 0.717) is 0 Å². The van der Waals surface area contributed by atoms with E-state index < -0.39 is 0 Å². The third-order valence-corrected chi connectivity index (χ3v) is 5.00. The Labute approximate surface area is 96.2 Å². The molecular weight excluding hydrogens is 183 g/mol. The van der Waals surface area contributed by atoms with Crippen LogP contribution in [0.15, 0.2) is 22.7 Å². The first-order chi connectivity index (χ1) is 6.70. The van der Waals surface area contributed by atoms with Crippen LogP contribution in [0.5, 0.6) is 0 Å². The third kappa shape index (κ3) is 8.60. The smallest absolute Gasteiger partial charge is 0.132 e. The van der Waals surface area contributed by atoms with Crippen LogP contribution in [0.1, 0.15) is 47.0 Å². The fourth-order valence-electron chi connectivity index (χ4n) is 1.15. The zero-order valence-corrected chi connectivity index (χ0v) is 11.8. The molecule has 0 amide bonds. The fourth-order valence-corrected chi connectivity index (χ4v) is 2.77. The van der Waals surface area contributed by atoms with E-state index in [2.05, 4.69) is 45.9 Å². The Bertz CT molecular complexity index is 176. The van der Waals surface area contributed by atoms with E-state index in [1.54, 1.807) is 4.44 Å². The number of allylic oxidation sites excluding steroid dienone is 4. The molecule has 0 fully saturated rings. The van der Waals surface area contributed by atoms with Gasteiger partial charge >= 0.3 is 0 Å². The first kappa shape index (κ1) is 14.0. The lowest BCUT2D eigenvalue weighted by atomic mass is 10.3. The van der Waals surface area contributed by atoms with E-state index in [9.17, 15) is 0 Å². The normalized spacial score (nSPS) is 13.6. The van der Waals surface area contributed by atoms with Gasteiger partial charge in [0.05, 0.1) is 0 Å². The Morgan fingerprint density at radius 2 is 1.93 bits per heavy atom. The molecule has 0 radical (unpaired) electrons. The highest BCUT2D eigenvalue weighted by Crippen LogP contribution is 2.12. The van der Waals surface area contributed by atoms with Gasteiger partial charge in [-0.1, -0.05) is 70.0 Å². The molecule has 0 spiro atoms. The van der Waals surface area contributed by atoms with Gasteiger partial charge in [-0.15, -0.1) is 4.44 Å². The minimum atomic E-state index is 0.139. The minimum absolute atomic E-state index is 0.139. The predicted octanol–water partition coefficient (Wildman–Crippen LogP) is 4.15. The van der Waals surface area contributed by atoms with Crippen LogP contribution in [0.3, 0.4) is 0 Å². The fraction of sp³-hybridized carbons (Fsp3) is 0.692. The van der Waals surface area contributed by atoms with Crippen molar-refractivity contribution >= 4 is 15.2 Å². The molecule has 80 valence electrons. The van der Waals surface area contributed by atoms with E-state index in [0.717, 1.165) is 5.92 Å². The Morgan fingerprint density at radius 1 is 1.29 bits per heavy atom. The average molecular weight is 208 g/mol. The Hall–Kier alpha value is 0.0125. The van der Waals surface area contributed by atoms with E-state index in [1.807, 2.05) is 0 Å². The first-order valence-corrected chi connectivity index (χ1v) is 7.75. The van der Waals surface area contributed by atoms with Crippen LogP contribution in [-0.2, 0) is 0 Å². The van der Waals surface area contributed by atoms with Crippen molar-refractivity contribution in [3.63, 3.8) is 0 Å². The van der Waals surface area contributed by atoms with Crippen molar-refractivity contribution in [3.8, 4) is 0 Å². The van der Waals surface area contributed by atoms with Crippen LogP contribution in [0.25, 0.3) is 0 Å². The standard InChI is InChI=1S/C5H5.C4H9.C4H10.Al.H/c1-2-4-5-3-1;1-4(2)3;1-3-4-2;;/h1-3H,4H2;4H,1H2,2-3H3;3-4H2,1-2H3;;. The SMILES string of the molecule is CC(C)[CH2][AlH][C]1=CC=CC1.CCCC. The summed E-state index contributed by atoms with van der Waals surface area (Å²) in [6.07, 6.45) is 10.7. The second kappa shape index (κ2) is 9.56. The van der Waals surface area contributed by atoms with E-state index in [1.165, 1.54) is 24.5 Å². The summed E-state index contributed by atoms with van der Waals surface area (Å²) in [4.78, 5) is 0. The van der Waals surface area contributed by atoms with Gasteiger partial charge in [-0.05, 0) is 6.42 Å². The Balaban J connectivity index is 0.000000364. The van der Waals surface area contributed by atoms with Crippen LogP contribution in [0, 0.1) is 5.92 Å². The van der Waals surface area contributed by atoms with Gasteiger partial charge in [-0.2, -0.15) is 0 Å². The maximum atomic E-state index is 2.32. The largest absolute Gasteiger partial charge is 0.276 e. The molecule has 1 aliphatic rings. The number of hydrogen-bond acceptors (Lipinski definition) is 0. The lowest BCUT2D eigenvalue weighted by Crippen LogP contribution is -1.98. The summed E-state index contributed by atoms with van der Waals surface area (Å²) in [6, 6.07) is 0. The van der Waals surface area contributed by atoms with Crippen LogP contribution in [0.2, 0.25) is 5.28 Å².